The second-order valence-corrected chi connectivity index (χ2v) is 6.18. The van der Waals surface area contributed by atoms with Crippen LogP contribution in [0.5, 0.6) is 11.5 Å². The summed E-state index contributed by atoms with van der Waals surface area (Å²) in [5.41, 5.74) is 2.85. The van der Waals surface area contributed by atoms with Crippen molar-refractivity contribution in [2.24, 2.45) is 0 Å². The average Bonchev–Trinajstić information content (AvgIpc) is 2.70. The number of benzene rings is 1. The average molecular weight is 349 g/mol. The Kier molecular flexibility index (Phi) is 4.39. The number of ether oxygens (including phenoxy) is 2. The van der Waals surface area contributed by atoms with E-state index in [0.29, 0.717) is 24.6 Å². The Labute approximate surface area is 151 Å². The van der Waals surface area contributed by atoms with E-state index in [4.69, 9.17) is 9.47 Å². The summed E-state index contributed by atoms with van der Waals surface area (Å²) in [5, 5.41) is 0.994. The Hall–Kier alpha value is -3.15. The number of amides is 1. The maximum Gasteiger partial charge on any atom is 0.260 e. The molecule has 6 heteroatoms. The maximum atomic E-state index is 12.5. The number of methoxy groups -OCH3 is 1. The molecule has 3 heterocycles. The molecular formula is C20H19N3O3. The Morgan fingerprint density at radius 3 is 2.96 bits per heavy atom. The van der Waals surface area contributed by atoms with Gasteiger partial charge in [0.05, 0.1) is 7.11 Å². The normalized spacial score (nSPS) is 13.3. The molecule has 1 aliphatic heterocycles. The zero-order valence-electron chi connectivity index (χ0n) is 14.5. The molecule has 26 heavy (non-hydrogen) atoms. The second kappa shape index (κ2) is 7.00. The highest BCUT2D eigenvalue weighted by atomic mass is 16.5. The van der Waals surface area contributed by atoms with E-state index in [1.54, 1.807) is 19.4 Å². The molecule has 0 bridgehead atoms. The lowest BCUT2D eigenvalue weighted by Gasteiger charge is -2.28. The molecular weight excluding hydrogens is 330 g/mol. The minimum Gasteiger partial charge on any atom is -0.497 e. The summed E-state index contributed by atoms with van der Waals surface area (Å²) in [7, 11) is 1.60. The van der Waals surface area contributed by atoms with Crippen molar-refractivity contribution in [1.82, 2.24) is 14.9 Å². The van der Waals surface area contributed by atoms with Gasteiger partial charge in [-0.1, -0.05) is 6.07 Å². The molecule has 2 aromatic heterocycles. The van der Waals surface area contributed by atoms with E-state index < -0.39 is 0 Å². The number of hydrogen-bond donors (Lipinski definition) is 0. The molecule has 1 aliphatic rings. The Morgan fingerprint density at radius 1 is 1.19 bits per heavy atom. The number of aromatic nitrogens is 2. The van der Waals surface area contributed by atoms with Crippen LogP contribution >= 0.6 is 0 Å². The van der Waals surface area contributed by atoms with E-state index >= 15 is 0 Å². The molecule has 0 radical (unpaired) electrons. The molecule has 1 aromatic carbocycles. The van der Waals surface area contributed by atoms with Gasteiger partial charge >= 0.3 is 0 Å². The van der Waals surface area contributed by atoms with Crippen molar-refractivity contribution in [2.45, 2.75) is 13.0 Å². The fourth-order valence-electron chi connectivity index (χ4n) is 3.11. The van der Waals surface area contributed by atoms with Gasteiger partial charge in [0.1, 0.15) is 11.5 Å². The van der Waals surface area contributed by atoms with E-state index in [2.05, 4.69) is 16.0 Å². The molecule has 6 nitrogen and oxygen atoms in total. The number of hydrogen-bond acceptors (Lipinski definition) is 5. The van der Waals surface area contributed by atoms with Crippen LogP contribution < -0.4 is 9.47 Å². The lowest BCUT2D eigenvalue weighted by Crippen LogP contribution is -2.39. The highest BCUT2D eigenvalue weighted by Gasteiger charge is 2.22. The smallest absolute Gasteiger partial charge is 0.260 e. The van der Waals surface area contributed by atoms with Crippen molar-refractivity contribution < 1.29 is 14.3 Å². The Morgan fingerprint density at radius 2 is 2.08 bits per heavy atom. The SMILES string of the molecule is COc1cccc(OCC(=O)N2CCc3nc4ncccc4cc3C2)c1. The third-order valence-electron chi connectivity index (χ3n) is 4.49. The Bertz CT molecular complexity index is 958. The van der Waals surface area contributed by atoms with E-state index in [9.17, 15) is 4.79 Å². The molecule has 1 amide bonds. The van der Waals surface area contributed by atoms with Crippen LogP contribution in [0.15, 0.2) is 48.7 Å². The lowest BCUT2D eigenvalue weighted by atomic mass is 10.0. The van der Waals surface area contributed by atoms with Gasteiger partial charge in [-0.25, -0.2) is 9.97 Å². The lowest BCUT2D eigenvalue weighted by molar-refractivity contribution is -0.134. The van der Waals surface area contributed by atoms with Crippen LogP contribution in [-0.4, -0.2) is 41.0 Å². The van der Waals surface area contributed by atoms with Crippen LogP contribution in [0, 0.1) is 0 Å². The summed E-state index contributed by atoms with van der Waals surface area (Å²) in [4.78, 5) is 23.3. The summed E-state index contributed by atoms with van der Waals surface area (Å²) < 4.78 is 10.8. The zero-order chi connectivity index (χ0) is 17.9. The molecule has 0 fully saturated rings. The van der Waals surface area contributed by atoms with E-state index in [1.807, 2.05) is 35.2 Å². The highest BCUT2D eigenvalue weighted by molar-refractivity contribution is 5.79. The van der Waals surface area contributed by atoms with Crippen LogP contribution in [-0.2, 0) is 17.8 Å². The second-order valence-electron chi connectivity index (χ2n) is 6.18. The van der Waals surface area contributed by atoms with Gasteiger partial charge in [0, 0.05) is 42.9 Å². The summed E-state index contributed by atoms with van der Waals surface area (Å²) in [6, 6.07) is 13.2. The van der Waals surface area contributed by atoms with E-state index in [-0.39, 0.29) is 12.5 Å². The number of carbonyl (C=O) groups is 1. The minimum atomic E-state index is -0.0373. The predicted molar refractivity (Wildman–Crippen MR) is 97.1 cm³/mol. The molecule has 3 aromatic rings. The summed E-state index contributed by atoms with van der Waals surface area (Å²) in [6.07, 6.45) is 2.48. The topological polar surface area (TPSA) is 64.6 Å². The quantitative estimate of drug-likeness (QED) is 0.724. The molecule has 0 saturated heterocycles. The monoisotopic (exact) mass is 349 g/mol. The maximum absolute atomic E-state index is 12.5. The number of pyridine rings is 2. The summed E-state index contributed by atoms with van der Waals surface area (Å²) in [5.74, 6) is 1.28. The standard InChI is InChI=1S/C20H19N3O3/c1-25-16-5-2-6-17(11-16)26-13-19(24)23-9-7-18-15(12-23)10-14-4-3-8-21-20(14)22-18/h2-6,8,10-11H,7,9,12-13H2,1H3. The van der Waals surface area contributed by atoms with Crippen LogP contribution in [0.25, 0.3) is 11.0 Å². The van der Waals surface area contributed by atoms with Crippen molar-refractivity contribution in [3.8, 4) is 11.5 Å². The van der Waals surface area contributed by atoms with Crippen molar-refractivity contribution in [3.63, 3.8) is 0 Å². The van der Waals surface area contributed by atoms with E-state index in [1.165, 1.54) is 0 Å². The van der Waals surface area contributed by atoms with Crippen LogP contribution in [0.3, 0.4) is 0 Å². The van der Waals surface area contributed by atoms with Crippen LogP contribution in [0.1, 0.15) is 11.3 Å². The number of carbonyl (C=O) groups excluding carboxylic acids is 1. The van der Waals surface area contributed by atoms with Gasteiger partial charge in [-0.2, -0.15) is 0 Å². The zero-order valence-corrected chi connectivity index (χ0v) is 14.5. The third kappa shape index (κ3) is 3.31. The van der Waals surface area contributed by atoms with Gasteiger partial charge in [-0.3, -0.25) is 4.79 Å². The Balaban J connectivity index is 1.44. The first-order valence-corrected chi connectivity index (χ1v) is 8.51. The summed E-state index contributed by atoms with van der Waals surface area (Å²) in [6.45, 7) is 1.19. The van der Waals surface area contributed by atoms with Crippen molar-refractivity contribution >= 4 is 16.9 Å². The minimum absolute atomic E-state index is 0.00503. The fraction of sp³-hybridized carbons (Fsp3) is 0.250. The molecule has 132 valence electrons. The fourth-order valence-corrected chi connectivity index (χ4v) is 3.11. The van der Waals surface area contributed by atoms with Crippen LogP contribution in [0.2, 0.25) is 0 Å². The first-order chi connectivity index (χ1) is 12.7. The first-order valence-electron chi connectivity index (χ1n) is 8.51. The molecule has 0 N–H and O–H groups in total. The van der Waals surface area contributed by atoms with Crippen molar-refractivity contribution in [1.29, 1.82) is 0 Å². The van der Waals surface area contributed by atoms with Gasteiger partial charge in [-0.15, -0.1) is 0 Å². The van der Waals surface area contributed by atoms with Crippen molar-refractivity contribution in [3.05, 3.63) is 59.9 Å². The largest absolute Gasteiger partial charge is 0.497 e. The summed E-state index contributed by atoms with van der Waals surface area (Å²) >= 11 is 0. The molecule has 0 aliphatic carbocycles. The van der Waals surface area contributed by atoms with Gasteiger partial charge in [-0.05, 0) is 35.9 Å². The molecule has 0 unspecified atom stereocenters. The third-order valence-corrected chi connectivity index (χ3v) is 4.49. The predicted octanol–water partition coefficient (Wildman–Crippen LogP) is 2.60. The molecule has 0 spiro atoms. The van der Waals surface area contributed by atoms with Crippen LogP contribution in [0.4, 0.5) is 0 Å². The highest BCUT2D eigenvalue weighted by Crippen LogP contribution is 2.22. The van der Waals surface area contributed by atoms with Gasteiger partial charge in [0.2, 0.25) is 0 Å². The number of fused-ring (bicyclic) bond motifs is 2. The van der Waals surface area contributed by atoms with Crippen molar-refractivity contribution in [2.75, 3.05) is 20.3 Å². The molecule has 0 saturated carbocycles. The van der Waals surface area contributed by atoms with Gasteiger partial charge in [0.25, 0.3) is 5.91 Å². The molecule has 4 rings (SSSR count). The van der Waals surface area contributed by atoms with Gasteiger partial charge in [0.15, 0.2) is 12.3 Å². The first kappa shape index (κ1) is 16.3. The van der Waals surface area contributed by atoms with E-state index in [0.717, 1.165) is 28.7 Å². The molecule has 0 atom stereocenters. The number of rotatable bonds is 4. The number of nitrogens with zero attached hydrogens (tertiary/aromatic N) is 3. The van der Waals surface area contributed by atoms with Gasteiger partial charge < -0.3 is 14.4 Å².